The van der Waals surface area contributed by atoms with Gasteiger partial charge < -0.3 is 25.0 Å². The molecule has 2 unspecified atom stereocenters. The molecule has 0 aliphatic carbocycles. The number of methoxy groups -OCH3 is 1. The summed E-state index contributed by atoms with van der Waals surface area (Å²) in [6.45, 7) is -0.0841. The van der Waals surface area contributed by atoms with Crippen LogP contribution in [0.1, 0.15) is 15.9 Å². The van der Waals surface area contributed by atoms with Gasteiger partial charge in [0.1, 0.15) is 12.4 Å². The number of ether oxygens (including phenoxy) is 1. The lowest BCUT2D eigenvalue weighted by Gasteiger charge is -2.16. The van der Waals surface area contributed by atoms with Crippen molar-refractivity contribution in [3.05, 3.63) is 29.3 Å². The Labute approximate surface area is 122 Å². The summed E-state index contributed by atoms with van der Waals surface area (Å²) in [4.78, 5) is 13.7. The summed E-state index contributed by atoms with van der Waals surface area (Å²) >= 11 is 0. The molecule has 21 heavy (non-hydrogen) atoms. The monoisotopic (exact) mass is 291 g/mol. The fourth-order valence-corrected chi connectivity index (χ4v) is 2.19. The molecule has 1 aromatic carbocycles. The second-order valence-corrected chi connectivity index (χ2v) is 4.72. The summed E-state index contributed by atoms with van der Waals surface area (Å²) in [5.74, 6) is 5.45. The molecule has 0 spiro atoms. The lowest BCUT2D eigenvalue weighted by atomic mass is 10.1. The first-order chi connectivity index (χ1) is 10.1. The largest absolute Gasteiger partial charge is 0.495 e. The second-order valence-electron chi connectivity index (χ2n) is 4.72. The maximum atomic E-state index is 12.3. The molecule has 0 bridgehead atoms. The SMILES string of the molecule is COc1ccc(C(=O)N2CC(O)C(O)C2)cc1C#CCO. The van der Waals surface area contributed by atoms with Gasteiger partial charge in [-0.05, 0) is 18.2 Å². The normalized spacial score (nSPS) is 20.9. The van der Waals surface area contributed by atoms with Crippen LogP contribution < -0.4 is 4.74 Å². The molecular formula is C15H17NO5. The van der Waals surface area contributed by atoms with Crippen LogP contribution >= 0.6 is 0 Å². The maximum Gasteiger partial charge on any atom is 0.254 e. The minimum Gasteiger partial charge on any atom is -0.495 e. The first-order valence-corrected chi connectivity index (χ1v) is 6.50. The lowest BCUT2D eigenvalue weighted by molar-refractivity contribution is 0.0572. The number of nitrogens with zero attached hydrogens (tertiary/aromatic N) is 1. The number of likely N-dealkylation sites (tertiary alicyclic amines) is 1. The minimum atomic E-state index is -0.916. The van der Waals surface area contributed by atoms with Gasteiger partial charge in [-0.1, -0.05) is 11.8 Å². The Kier molecular flexibility index (Phi) is 4.81. The van der Waals surface area contributed by atoms with E-state index in [0.29, 0.717) is 16.9 Å². The molecule has 1 amide bonds. The van der Waals surface area contributed by atoms with Gasteiger partial charge >= 0.3 is 0 Å². The van der Waals surface area contributed by atoms with E-state index in [1.165, 1.54) is 12.0 Å². The molecule has 2 atom stereocenters. The molecule has 1 saturated heterocycles. The van der Waals surface area contributed by atoms with Crippen LogP contribution in [0.4, 0.5) is 0 Å². The van der Waals surface area contributed by atoms with Crippen molar-refractivity contribution in [1.29, 1.82) is 0 Å². The summed E-state index contributed by atoms with van der Waals surface area (Å²) < 4.78 is 5.15. The number of aliphatic hydroxyl groups excluding tert-OH is 3. The standard InChI is InChI=1S/C15H17NO5/c1-21-14-5-4-11(7-10(14)3-2-6-17)15(20)16-8-12(18)13(19)9-16/h4-5,7,12-13,17-19H,6,8-9H2,1H3. The van der Waals surface area contributed by atoms with Gasteiger partial charge in [0.25, 0.3) is 5.91 Å². The summed E-state index contributed by atoms with van der Waals surface area (Å²) in [5, 5.41) is 27.8. The van der Waals surface area contributed by atoms with Gasteiger partial charge in [0, 0.05) is 18.7 Å². The minimum absolute atomic E-state index is 0.101. The number of amides is 1. The zero-order valence-electron chi connectivity index (χ0n) is 11.6. The zero-order valence-corrected chi connectivity index (χ0v) is 11.6. The van der Waals surface area contributed by atoms with Gasteiger partial charge in [0.2, 0.25) is 0 Å². The van der Waals surface area contributed by atoms with Crippen molar-refractivity contribution in [1.82, 2.24) is 4.90 Å². The highest BCUT2D eigenvalue weighted by atomic mass is 16.5. The number of benzene rings is 1. The summed E-state index contributed by atoms with van der Waals surface area (Å²) in [6, 6.07) is 4.79. The molecule has 1 aliphatic rings. The summed E-state index contributed by atoms with van der Waals surface area (Å²) in [6.07, 6.45) is -1.83. The van der Waals surface area contributed by atoms with Crippen LogP contribution in [0.3, 0.4) is 0 Å². The number of β-amino-alcohol motifs (C(OH)–C–C–N with tert-alkyl or cyclic N) is 2. The van der Waals surface area contributed by atoms with Gasteiger partial charge in [-0.15, -0.1) is 0 Å². The maximum absolute atomic E-state index is 12.3. The molecule has 6 heteroatoms. The Balaban J connectivity index is 2.26. The van der Waals surface area contributed by atoms with Crippen molar-refractivity contribution in [2.24, 2.45) is 0 Å². The van der Waals surface area contributed by atoms with Crippen molar-refractivity contribution < 1.29 is 24.9 Å². The van der Waals surface area contributed by atoms with Crippen LogP contribution in [0.2, 0.25) is 0 Å². The molecule has 1 aliphatic heterocycles. The van der Waals surface area contributed by atoms with Crippen LogP contribution in [0.5, 0.6) is 5.75 Å². The third-order valence-electron chi connectivity index (χ3n) is 3.29. The van der Waals surface area contributed by atoms with E-state index >= 15 is 0 Å². The highest BCUT2D eigenvalue weighted by molar-refractivity contribution is 5.95. The predicted octanol–water partition coefficient (Wildman–Crippen LogP) is -0.783. The summed E-state index contributed by atoms with van der Waals surface area (Å²) in [5.41, 5.74) is 0.886. The van der Waals surface area contributed by atoms with Crippen molar-refractivity contribution in [2.75, 3.05) is 26.8 Å². The quantitative estimate of drug-likeness (QED) is 0.622. The van der Waals surface area contributed by atoms with E-state index in [1.54, 1.807) is 18.2 Å². The van der Waals surface area contributed by atoms with Crippen molar-refractivity contribution in [3.63, 3.8) is 0 Å². The molecule has 2 rings (SSSR count). The van der Waals surface area contributed by atoms with Crippen LogP contribution in [-0.2, 0) is 0 Å². The van der Waals surface area contributed by atoms with E-state index in [9.17, 15) is 15.0 Å². The fraction of sp³-hybridized carbons (Fsp3) is 0.400. The molecule has 1 heterocycles. The molecule has 112 valence electrons. The molecule has 3 N–H and O–H groups in total. The molecule has 0 aromatic heterocycles. The van der Waals surface area contributed by atoms with Crippen molar-refractivity contribution in [3.8, 4) is 17.6 Å². The van der Waals surface area contributed by atoms with Gasteiger partial charge in [0.15, 0.2) is 0 Å². The smallest absolute Gasteiger partial charge is 0.254 e. The topological polar surface area (TPSA) is 90.2 Å². The van der Waals surface area contributed by atoms with Crippen LogP contribution in [0.15, 0.2) is 18.2 Å². The summed E-state index contributed by atoms with van der Waals surface area (Å²) in [7, 11) is 1.49. The number of hydrogen-bond acceptors (Lipinski definition) is 5. The number of hydrogen-bond donors (Lipinski definition) is 3. The Morgan fingerprint density at radius 1 is 1.38 bits per heavy atom. The number of rotatable bonds is 2. The Hall–Kier alpha value is -2.07. The van der Waals surface area contributed by atoms with E-state index in [2.05, 4.69) is 11.8 Å². The molecule has 1 aromatic rings. The van der Waals surface area contributed by atoms with E-state index in [4.69, 9.17) is 9.84 Å². The van der Waals surface area contributed by atoms with E-state index in [-0.39, 0.29) is 25.6 Å². The van der Waals surface area contributed by atoms with E-state index in [1.807, 2.05) is 0 Å². The average Bonchev–Trinajstić information content (AvgIpc) is 2.83. The van der Waals surface area contributed by atoms with Crippen LogP contribution in [0.25, 0.3) is 0 Å². The second kappa shape index (κ2) is 6.59. The molecule has 1 fully saturated rings. The van der Waals surface area contributed by atoms with Crippen molar-refractivity contribution >= 4 is 5.91 Å². The average molecular weight is 291 g/mol. The first kappa shape index (κ1) is 15.3. The van der Waals surface area contributed by atoms with Gasteiger partial charge in [-0.3, -0.25) is 4.79 Å². The van der Waals surface area contributed by atoms with Crippen LogP contribution in [-0.4, -0.2) is 65.1 Å². The molecule has 6 nitrogen and oxygen atoms in total. The number of aliphatic hydroxyl groups is 3. The van der Waals surface area contributed by atoms with E-state index < -0.39 is 12.2 Å². The first-order valence-electron chi connectivity index (χ1n) is 6.50. The molecule has 0 radical (unpaired) electrons. The highest BCUT2D eigenvalue weighted by Gasteiger charge is 2.33. The third-order valence-corrected chi connectivity index (χ3v) is 3.29. The fourth-order valence-electron chi connectivity index (χ4n) is 2.19. The lowest BCUT2D eigenvalue weighted by Crippen LogP contribution is -2.29. The van der Waals surface area contributed by atoms with Crippen molar-refractivity contribution in [2.45, 2.75) is 12.2 Å². The number of carbonyl (C=O) groups excluding carboxylic acids is 1. The predicted molar refractivity (Wildman–Crippen MR) is 74.9 cm³/mol. The Bertz CT molecular complexity index is 579. The molecular weight excluding hydrogens is 274 g/mol. The van der Waals surface area contributed by atoms with Gasteiger partial charge in [-0.2, -0.15) is 0 Å². The Morgan fingerprint density at radius 2 is 2.05 bits per heavy atom. The third kappa shape index (κ3) is 3.34. The van der Waals surface area contributed by atoms with Gasteiger partial charge in [0.05, 0.1) is 24.9 Å². The zero-order chi connectivity index (χ0) is 15.4. The van der Waals surface area contributed by atoms with Gasteiger partial charge in [-0.25, -0.2) is 0 Å². The molecule has 0 saturated carbocycles. The van der Waals surface area contributed by atoms with E-state index in [0.717, 1.165) is 0 Å². The number of carbonyl (C=O) groups is 1. The van der Waals surface area contributed by atoms with Crippen LogP contribution in [0, 0.1) is 11.8 Å². The Morgan fingerprint density at radius 3 is 2.62 bits per heavy atom. The highest BCUT2D eigenvalue weighted by Crippen LogP contribution is 2.21.